The molecule has 0 saturated carbocycles. The number of methoxy groups -OCH3 is 1. The molecule has 1 aromatic carbocycles. The van der Waals surface area contributed by atoms with Gasteiger partial charge in [0.1, 0.15) is 11.8 Å². The lowest BCUT2D eigenvalue weighted by Crippen LogP contribution is -2.36. The average molecular weight is 251 g/mol. The van der Waals surface area contributed by atoms with Crippen LogP contribution in [0.1, 0.15) is 31.4 Å². The van der Waals surface area contributed by atoms with Gasteiger partial charge in [-0.3, -0.25) is 4.79 Å². The maximum absolute atomic E-state index is 10.8. The second-order valence-electron chi connectivity index (χ2n) is 5.22. The number of benzene rings is 1. The standard InChI is InChI=1S/C14H21NO3/c1-9-7-10(5-6-12(9)18-4)14(2,3)8-11(15)13(16)17/h5-7,11H,8,15H2,1-4H3,(H,16,17). The van der Waals surface area contributed by atoms with Gasteiger partial charge < -0.3 is 15.6 Å². The van der Waals surface area contributed by atoms with Crippen LogP contribution < -0.4 is 10.5 Å². The molecule has 0 aliphatic carbocycles. The summed E-state index contributed by atoms with van der Waals surface area (Å²) in [4.78, 5) is 10.8. The smallest absolute Gasteiger partial charge is 0.320 e. The molecule has 0 aromatic heterocycles. The van der Waals surface area contributed by atoms with Crippen LogP contribution in [0, 0.1) is 6.92 Å². The first-order valence-electron chi connectivity index (χ1n) is 5.91. The molecule has 0 saturated heterocycles. The molecule has 0 spiro atoms. The predicted octanol–water partition coefficient (Wildman–Crippen LogP) is 2.08. The lowest BCUT2D eigenvalue weighted by molar-refractivity contribution is -0.139. The van der Waals surface area contributed by atoms with Crippen molar-refractivity contribution >= 4 is 5.97 Å². The van der Waals surface area contributed by atoms with Crippen LogP contribution in [0.25, 0.3) is 0 Å². The summed E-state index contributed by atoms with van der Waals surface area (Å²) >= 11 is 0. The van der Waals surface area contributed by atoms with Gasteiger partial charge in [-0.2, -0.15) is 0 Å². The topological polar surface area (TPSA) is 72.5 Å². The molecule has 3 N–H and O–H groups in total. The number of aryl methyl sites for hydroxylation is 1. The molecule has 0 aliphatic heterocycles. The van der Waals surface area contributed by atoms with Gasteiger partial charge in [-0.15, -0.1) is 0 Å². The fraction of sp³-hybridized carbons (Fsp3) is 0.500. The van der Waals surface area contributed by atoms with E-state index in [0.29, 0.717) is 6.42 Å². The zero-order chi connectivity index (χ0) is 13.9. The van der Waals surface area contributed by atoms with E-state index in [1.165, 1.54) is 0 Å². The quantitative estimate of drug-likeness (QED) is 0.840. The minimum Gasteiger partial charge on any atom is -0.496 e. The Bertz CT molecular complexity index is 441. The number of hydrogen-bond donors (Lipinski definition) is 2. The monoisotopic (exact) mass is 251 g/mol. The Kier molecular flexibility index (Phi) is 4.35. The van der Waals surface area contributed by atoms with Crippen LogP contribution in [0.5, 0.6) is 5.75 Å². The van der Waals surface area contributed by atoms with Crippen molar-refractivity contribution in [3.63, 3.8) is 0 Å². The fourth-order valence-electron chi connectivity index (χ4n) is 2.05. The van der Waals surface area contributed by atoms with E-state index in [0.717, 1.165) is 16.9 Å². The second kappa shape index (κ2) is 5.40. The van der Waals surface area contributed by atoms with Crippen molar-refractivity contribution in [2.24, 2.45) is 5.73 Å². The van der Waals surface area contributed by atoms with Crippen LogP contribution >= 0.6 is 0 Å². The fourth-order valence-corrected chi connectivity index (χ4v) is 2.05. The summed E-state index contributed by atoms with van der Waals surface area (Å²) in [6, 6.07) is 5.04. The summed E-state index contributed by atoms with van der Waals surface area (Å²) in [5.74, 6) is -0.134. The molecule has 0 aliphatic rings. The Balaban J connectivity index is 2.97. The van der Waals surface area contributed by atoms with Gasteiger partial charge in [0, 0.05) is 0 Å². The Morgan fingerprint density at radius 3 is 2.56 bits per heavy atom. The minimum absolute atomic E-state index is 0.283. The zero-order valence-electron chi connectivity index (χ0n) is 11.4. The first-order chi connectivity index (χ1) is 8.27. The van der Waals surface area contributed by atoms with E-state index in [9.17, 15) is 4.79 Å². The van der Waals surface area contributed by atoms with Crippen molar-refractivity contribution in [2.75, 3.05) is 7.11 Å². The Morgan fingerprint density at radius 1 is 1.50 bits per heavy atom. The molecule has 0 amide bonds. The van der Waals surface area contributed by atoms with Crippen LogP contribution in [0.4, 0.5) is 0 Å². The van der Waals surface area contributed by atoms with Crippen LogP contribution in [0.15, 0.2) is 18.2 Å². The lowest BCUT2D eigenvalue weighted by atomic mass is 9.78. The Morgan fingerprint density at radius 2 is 2.11 bits per heavy atom. The third kappa shape index (κ3) is 3.23. The molecule has 18 heavy (non-hydrogen) atoms. The van der Waals surface area contributed by atoms with Gasteiger partial charge in [-0.05, 0) is 36.0 Å². The van der Waals surface area contributed by atoms with Crippen molar-refractivity contribution in [3.05, 3.63) is 29.3 Å². The highest BCUT2D eigenvalue weighted by Crippen LogP contribution is 2.31. The first-order valence-corrected chi connectivity index (χ1v) is 5.91. The Labute approximate surface area is 108 Å². The van der Waals surface area contributed by atoms with E-state index in [1.807, 2.05) is 39.0 Å². The van der Waals surface area contributed by atoms with Crippen molar-refractivity contribution in [2.45, 2.75) is 38.6 Å². The molecule has 0 radical (unpaired) electrons. The number of carbonyl (C=O) groups is 1. The highest BCUT2D eigenvalue weighted by atomic mass is 16.5. The molecular weight excluding hydrogens is 230 g/mol. The van der Waals surface area contributed by atoms with Gasteiger partial charge in [-0.25, -0.2) is 0 Å². The molecular formula is C14H21NO3. The van der Waals surface area contributed by atoms with Gasteiger partial charge in [0.2, 0.25) is 0 Å². The number of rotatable bonds is 5. The molecule has 1 unspecified atom stereocenters. The van der Waals surface area contributed by atoms with E-state index >= 15 is 0 Å². The SMILES string of the molecule is COc1ccc(C(C)(C)CC(N)C(=O)O)cc1C. The number of carboxylic acids is 1. The third-order valence-electron chi connectivity index (χ3n) is 3.22. The predicted molar refractivity (Wildman–Crippen MR) is 71.0 cm³/mol. The van der Waals surface area contributed by atoms with E-state index in [4.69, 9.17) is 15.6 Å². The third-order valence-corrected chi connectivity index (χ3v) is 3.22. The number of ether oxygens (including phenoxy) is 1. The van der Waals surface area contributed by atoms with Crippen molar-refractivity contribution < 1.29 is 14.6 Å². The summed E-state index contributed by atoms with van der Waals surface area (Å²) in [6.45, 7) is 5.96. The second-order valence-corrected chi connectivity index (χ2v) is 5.22. The van der Waals surface area contributed by atoms with Gasteiger partial charge in [0.15, 0.2) is 0 Å². The minimum atomic E-state index is -0.965. The molecule has 1 rings (SSSR count). The Hall–Kier alpha value is -1.55. The molecule has 4 nitrogen and oxygen atoms in total. The molecule has 100 valence electrons. The normalized spacial score (nSPS) is 13.2. The number of hydrogen-bond acceptors (Lipinski definition) is 3. The summed E-state index contributed by atoms with van der Waals surface area (Å²) in [5, 5.41) is 8.88. The van der Waals surface area contributed by atoms with E-state index in [-0.39, 0.29) is 5.41 Å². The molecule has 1 aromatic rings. The number of carboxylic acid groups (broad SMARTS) is 1. The molecule has 1 atom stereocenters. The zero-order valence-corrected chi connectivity index (χ0v) is 11.4. The molecule has 0 heterocycles. The largest absolute Gasteiger partial charge is 0.496 e. The van der Waals surface area contributed by atoms with Gasteiger partial charge in [0.05, 0.1) is 7.11 Å². The highest BCUT2D eigenvalue weighted by Gasteiger charge is 2.27. The summed E-state index contributed by atoms with van der Waals surface area (Å²) in [5.41, 5.74) is 7.43. The van der Waals surface area contributed by atoms with E-state index in [1.54, 1.807) is 7.11 Å². The summed E-state index contributed by atoms with van der Waals surface area (Å²) in [7, 11) is 1.63. The highest BCUT2D eigenvalue weighted by molar-refractivity contribution is 5.73. The lowest BCUT2D eigenvalue weighted by Gasteiger charge is -2.27. The number of nitrogens with two attached hydrogens (primary N) is 1. The van der Waals surface area contributed by atoms with E-state index < -0.39 is 12.0 Å². The van der Waals surface area contributed by atoms with Crippen LogP contribution in [0.2, 0.25) is 0 Å². The maximum atomic E-state index is 10.8. The van der Waals surface area contributed by atoms with Crippen molar-refractivity contribution in [3.8, 4) is 5.75 Å². The maximum Gasteiger partial charge on any atom is 0.320 e. The average Bonchev–Trinajstić information content (AvgIpc) is 2.28. The van der Waals surface area contributed by atoms with Crippen LogP contribution in [-0.2, 0) is 10.2 Å². The van der Waals surface area contributed by atoms with Gasteiger partial charge in [0.25, 0.3) is 0 Å². The summed E-state index contributed by atoms with van der Waals surface area (Å²) < 4.78 is 5.21. The van der Waals surface area contributed by atoms with Gasteiger partial charge >= 0.3 is 5.97 Å². The van der Waals surface area contributed by atoms with Crippen LogP contribution in [-0.4, -0.2) is 24.2 Å². The number of aliphatic carboxylic acids is 1. The van der Waals surface area contributed by atoms with Crippen LogP contribution in [0.3, 0.4) is 0 Å². The first kappa shape index (κ1) is 14.5. The summed E-state index contributed by atoms with van der Waals surface area (Å²) in [6.07, 6.45) is 0.397. The van der Waals surface area contributed by atoms with Crippen molar-refractivity contribution in [1.82, 2.24) is 0 Å². The molecule has 0 bridgehead atoms. The van der Waals surface area contributed by atoms with E-state index in [2.05, 4.69) is 0 Å². The molecule has 4 heteroatoms. The van der Waals surface area contributed by atoms with Crippen molar-refractivity contribution in [1.29, 1.82) is 0 Å². The molecule has 0 fully saturated rings. The van der Waals surface area contributed by atoms with Gasteiger partial charge in [-0.1, -0.05) is 26.0 Å².